The van der Waals surface area contributed by atoms with Gasteiger partial charge < -0.3 is 33.7 Å². The molecule has 1 aliphatic rings. The molecule has 0 saturated carbocycles. The molecule has 1 aliphatic heterocycles. The van der Waals surface area contributed by atoms with Crippen LogP contribution < -0.4 is 5.56 Å². The minimum atomic E-state index is -2.22. The Labute approximate surface area is 215 Å². The number of aliphatic hydroxyl groups excluding tert-OH is 2. The first-order chi connectivity index (χ1) is 17.9. The van der Waals surface area contributed by atoms with Gasteiger partial charge in [-0.2, -0.15) is 4.98 Å². The molecular formula is C24H21ClN5O6P. The van der Waals surface area contributed by atoms with Gasteiger partial charge in [0.25, 0.3) is 5.56 Å². The molecule has 4 unspecified atom stereocenters. The molecule has 0 radical (unpaired) electrons. The zero-order valence-electron chi connectivity index (χ0n) is 19.1. The number of benzene rings is 2. The van der Waals surface area contributed by atoms with Crippen molar-refractivity contribution in [2.45, 2.75) is 24.9 Å². The number of aromatic nitrogens is 5. The van der Waals surface area contributed by atoms with E-state index in [1.54, 1.807) is 35.0 Å². The standard InChI is InChI=1S/C24H21ClN5O6P/c25-15-8-6-14(7-9-15)21-27-19-22(29(21)11-17(31)20-18(32)12-35-37(34)36-20)28-24-26-16(10-30(24)23(19)33)13-4-2-1-3-5-13/h1-10,17-18,20,31-32,34H,11-12H2,(H,26,28). The summed E-state index contributed by atoms with van der Waals surface area (Å²) < 4.78 is 13.2. The maximum atomic E-state index is 13.5. The molecule has 6 rings (SSSR count). The largest absolute Gasteiger partial charge is 0.388 e. The highest BCUT2D eigenvalue weighted by Gasteiger charge is 2.37. The van der Waals surface area contributed by atoms with E-state index in [1.807, 2.05) is 30.3 Å². The average molecular weight is 542 g/mol. The molecule has 1 saturated heterocycles. The fraction of sp³-hybridized carbons (Fsp3) is 0.208. The number of imidazole rings is 2. The smallest absolute Gasteiger partial charge is 0.330 e. The lowest BCUT2D eigenvalue weighted by Gasteiger charge is -2.33. The van der Waals surface area contributed by atoms with Crippen molar-refractivity contribution >= 4 is 37.1 Å². The fourth-order valence-electron chi connectivity index (χ4n) is 4.37. The Morgan fingerprint density at radius 1 is 1.14 bits per heavy atom. The highest BCUT2D eigenvalue weighted by Crippen LogP contribution is 2.40. The average Bonchev–Trinajstić information content (AvgIpc) is 3.49. The molecule has 0 spiro atoms. The molecule has 5 aromatic rings. The van der Waals surface area contributed by atoms with Crippen LogP contribution in [0.15, 0.2) is 65.6 Å². The van der Waals surface area contributed by atoms with Crippen LogP contribution in [0.2, 0.25) is 5.02 Å². The van der Waals surface area contributed by atoms with E-state index in [0.29, 0.717) is 27.9 Å². The normalized spacial score (nSPS) is 21.0. The van der Waals surface area contributed by atoms with Crippen LogP contribution in [0.25, 0.3) is 39.6 Å². The Hall–Kier alpha value is -3.15. The minimum absolute atomic E-state index is 0.103. The predicted molar refractivity (Wildman–Crippen MR) is 137 cm³/mol. The van der Waals surface area contributed by atoms with Gasteiger partial charge in [-0.15, -0.1) is 0 Å². The molecule has 0 aliphatic carbocycles. The number of halogens is 1. The van der Waals surface area contributed by atoms with E-state index in [-0.39, 0.29) is 29.9 Å². The highest BCUT2D eigenvalue weighted by atomic mass is 35.5. The van der Waals surface area contributed by atoms with Crippen LogP contribution in [0.5, 0.6) is 0 Å². The Morgan fingerprint density at radius 2 is 1.89 bits per heavy atom. The number of nitrogens with zero attached hydrogens (tertiary/aromatic N) is 4. The Morgan fingerprint density at radius 3 is 2.65 bits per heavy atom. The molecule has 3 aromatic heterocycles. The molecular weight excluding hydrogens is 521 g/mol. The third kappa shape index (κ3) is 4.45. The SMILES string of the molecule is O=c1c2nc(-c3ccc(Cl)cc3)n(CC(O)C3OP(O)OCC3O)c2nc2[nH]c(-c3ccccc3)cn12. The van der Waals surface area contributed by atoms with Gasteiger partial charge in [-0.1, -0.05) is 41.9 Å². The second-order valence-corrected chi connectivity index (χ2v) is 9.99. The first-order valence-corrected chi connectivity index (χ1v) is 12.9. The van der Waals surface area contributed by atoms with Crippen LogP contribution >= 0.6 is 20.2 Å². The van der Waals surface area contributed by atoms with Gasteiger partial charge in [0.05, 0.1) is 18.8 Å². The Kier molecular flexibility index (Phi) is 6.29. The number of H-pyrrole nitrogens is 1. The lowest BCUT2D eigenvalue weighted by Crippen LogP contribution is -2.45. The number of fused-ring (bicyclic) bond motifs is 2. The quantitative estimate of drug-likeness (QED) is 0.248. The van der Waals surface area contributed by atoms with Crippen LogP contribution in [-0.4, -0.2) is 63.9 Å². The molecule has 13 heteroatoms. The van der Waals surface area contributed by atoms with E-state index in [9.17, 15) is 19.9 Å². The number of hydrogen-bond donors (Lipinski definition) is 4. The van der Waals surface area contributed by atoms with Crippen molar-refractivity contribution in [2.24, 2.45) is 0 Å². The molecule has 0 bridgehead atoms. The van der Waals surface area contributed by atoms with Crippen LogP contribution in [0.4, 0.5) is 0 Å². The lowest BCUT2D eigenvalue weighted by atomic mass is 10.1. The van der Waals surface area contributed by atoms with E-state index < -0.39 is 26.9 Å². The predicted octanol–water partition coefficient (Wildman–Crippen LogP) is 2.72. The zero-order chi connectivity index (χ0) is 25.7. The summed E-state index contributed by atoms with van der Waals surface area (Å²) in [6, 6.07) is 16.4. The summed E-state index contributed by atoms with van der Waals surface area (Å²) in [5.41, 5.74) is 2.19. The minimum Gasteiger partial charge on any atom is -0.388 e. The second kappa shape index (κ2) is 9.62. The second-order valence-electron chi connectivity index (χ2n) is 8.61. The number of nitrogens with one attached hydrogen (secondary N) is 1. The van der Waals surface area contributed by atoms with E-state index >= 15 is 0 Å². The lowest BCUT2D eigenvalue weighted by molar-refractivity contribution is -0.0950. The van der Waals surface area contributed by atoms with Crippen molar-refractivity contribution in [3.05, 3.63) is 76.2 Å². The van der Waals surface area contributed by atoms with E-state index in [2.05, 4.69) is 15.0 Å². The first-order valence-electron chi connectivity index (χ1n) is 11.4. The summed E-state index contributed by atoms with van der Waals surface area (Å²) in [4.78, 5) is 35.7. The van der Waals surface area contributed by atoms with Crippen molar-refractivity contribution in [3.8, 4) is 22.6 Å². The van der Waals surface area contributed by atoms with Gasteiger partial charge in [0, 0.05) is 16.8 Å². The van der Waals surface area contributed by atoms with Crippen LogP contribution in [0, 0.1) is 0 Å². The van der Waals surface area contributed by atoms with Gasteiger partial charge in [0.15, 0.2) is 11.2 Å². The summed E-state index contributed by atoms with van der Waals surface area (Å²) in [6.45, 7) is -0.308. The fourth-order valence-corrected chi connectivity index (χ4v) is 5.33. The zero-order valence-corrected chi connectivity index (χ0v) is 20.8. The van der Waals surface area contributed by atoms with Crippen LogP contribution in [0.1, 0.15) is 0 Å². The van der Waals surface area contributed by atoms with Crippen molar-refractivity contribution in [3.63, 3.8) is 0 Å². The molecule has 190 valence electrons. The molecule has 4 N–H and O–H groups in total. The summed E-state index contributed by atoms with van der Waals surface area (Å²) >= 11 is 6.06. The Balaban J connectivity index is 1.50. The molecule has 11 nitrogen and oxygen atoms in total. The molecule has 2 aromatic carbocycles. The number of rotatable bonds is 5. The Bertz CT molecular complexity index is 1640. The molecule has 37 heavy (non-hydrogen) atoms. The van der Waals surface area contributed by atoms with E-state index in [0.717, 1.165) is 5.56 Å². The maximum Gasteiger partial charge on any atom is 0.330 e. The van der Waals surface area contributed by atoms with E-state index in [1.165, 1.54) is 4.40 Å². The summed E-state index contributed by atoms with van der Waals surface area (Å²) in [5.74, 6) is 0.676. The van der Waals surface area contributed by atoms with Gasteiger partial charge in [-0.05, 0) is 29.8 Å². The topological polar surface area (TPSA) is 147 Å². The third-order valence-corrected chi connectivity index (χ3v) is 7.24. The molecule has 0 amide bonds. The van der Waals surface area contributed by atoms with Crippen LogP contribution in [-0.2, 0) is 15.6 Å². The molecule has 4 heterocycles. The van der Waals surface area contributed by atoms with Crippen LogP contribution in [0.3, 0.4) is 0 Å². The van der Waals surface area contributed by atoms with Gasteiger partial charge in [-0.25, -0.2) is 9.38 Å². The number of hydrogen-bond acceptors (Lipinski definition) is 8. The highest BCUT2D eigenvalue weighted by molar-refractivity contribution is 7.40. The number of aromatic amines is 1. The first kappa shape index (κ1) is 24.2. The van der Waals surface area contributed by atoms with Crippen molar-refractivity contribution < 1.29 is 24.2 Å². The number of aliphatic hydroxyl groups is 2. The monoisotopic (exact) mass is 541 g/mol. The van der Waals surface area contributed by atoms with Crippen molar-refractivity contribution in [1.29, 1.82) is 0 Å². The maximum absolute atomic E-state index is 13.5. The molecule has 1 fully saturated rings. The van der Waals surface area contributed by atoms with Gasteiger partial charge in [-0.3, -0.25) is 4.79 Å². The third-order valence-electron chi connectivity index (χ3n) is 6.19. The van der Waals surface area contributed by atoms with Crippen molar-refractivity contribution in [2.75, 3.05) is 6.61 Å². The van der Waals surface area contributed by atoms with Crippen molar-refractivity contribution in [1.82, 2.24) is 23.9 Å². The van der Waals surface area contributed by atoms with Gasteiger partial charge >= 0.3 is 8.60 Å². The summed E-state index contributed by atoms with van der Waals surface area (Å²) in [5, 5.41) is 21.8. The summed E-state index contributed by atoms with van der Waals surface area (Å²) in [7, 11) is -2.22. The summed E-state index contributed by atoms with van der Waals surface area (Å²) in [6.07, 6.45) is -1.87. The molecule has 4 atom stereocenters. The van der Waals surface area contributed by atoms with E-state index in [4.69, 9.17) is 20.6 Å². The van der Waals surface area contributed by atoms with Gasteiger partial charge in [0.1, 0.15) is 24.1 Å². The van der Waals surface area contributed by atoms with Gasteiger partial charge in [0.2, 0.25) is 5.78 Å².